The normalized spacial score (nSPS) is 16.3. The van der Waals surface area contributed by atoms with Crippen molar-refractivity contribution in [1.29, 1.82) is 5.26 Å². The first-order chi connectivity index (χ1) is 13.7. The summed E-state index contributed by atoms with van der Waals surface area (Å²) in [4.78, 5) is 15.1. The zero-order chi connectivity index (χ0) is 21.6. The van der Waals surface area contributed by atoms with E-state index in [4.69, 9.17) is 10.00 Å². The molecule has 1 saturated carbocycles. The molecule has 0 spiro atoms. The summed E-state index contributed by atoms with van der Waals surface area (Å²) in [6, 6.07) is 4.95. The minimum atomic E-state index is -4.67. The van der Waals surface area contributed by atoms with Crippen molar-refractivity contribution in [2.45, 2.75) is 77.6 Å². The van der Waals surface area contributed by atoms with Crippen LogP contribution in [0.15, 0.2) is 18.2 Å². The molecular weight excluding hydrogens is 381 g/mol. The predicted octanol–water partition coefficient (Wildman–Crippen LogP) is 5.55. The quantitative estimate of drug-likeness (QED) is 0.592. The summed E-state index contributed by atoms with van der Waals surface area (Å²) in [5.41, 5.74) is -1.51. The lowest BCUT2D eigenvalue weighted by Gasteiger charge is -2.36. The zero-order valence-corrected chi connectivity index (χ0v) is 17.3. The Morgan fingerprint density at radius 1 is 1.28 bits per heavy atom. The van der Waals surface area contributed by atoms with Crippen LogP contribution in [0.1, 0.15) is 70.4 Å². The molecule has 1 aliphatic rings. The smallest absolute Gasteiger partial charge is 0.417 e. The van der Waals surface area contributed by atoms with Crippen LogP contribution in [0.5, 0.6) is 5.75 Å². The Hall–Kier alpha value is -2.23. The van der Waals surface area contributed by atoms with Gasteiger partial charge in [-0.1, -0.05) is 33.1 Å². The molecule has 0 aliphatic heterocycles. The lowest BCUT2D eigenvalue weighted by molar-refractivity contribution is -0.142. The maximum absolute atomic E-state index is 13.3. The molecule has 0 bridgehead atoms. The van der Waals surface area contributed by atoms with Crippen molar-refractivity contribution in [3.63, 3.8) is 0 Å². The van der Waals surface area contributed by atoms with Crippen molar-refractivity contribution in [3.05, 3.63) is 29.3 Å². The van der Waals surface area contributed by atoms with Gasteiger partial charge in [0.2, 0.25) is 0 Å². The molecule has 1 atom stereocenters. The van der Waals surface area contributed by atoms with E-state index in [1.807, 2.05) is 25.7 Å². The molecule has 1 aromatic rings. The highest BCUT2D eigenvalue weighted by Gasteiger charge is 2.35. The minimum absolute atomic E-state index is 0.0463. The second kappa shape index (κ2) is 10.00. The summed E-state index contributed by atoms with van der Waals surface area (Å²) in [7, 11) is 0. The van der Waals surface area contributed by atoms with E-state index >= 15 is 0 Å². The number of halogens is 3. The monoisotopic (exact) mass is 410 g/mol. The van der Waals surface area contributed by atoms with Crippen molar-refractivity contribution in [2.75, 3.05) is 6.54 Å². The molecule has 1 aliphatic carbocycles. The van der Waals surface area contributed by atoms with E-state index < -0.39 is 23.4 Å². The van der Waals surface area contributed by atoms with Crippen molar-refractivity contribution in [2.24, 2.45) is 5.92 Å². The second-order valence-electron chi connectivity index (χ2n) is 7.97. The van der Waals surface area contributed by atoms with Gasteiger partial charge in [-0.15, -0.1) is 0 Å². The van der Waals surface area contributed by atoms with Crippen molar-refractivity contribution >= 4 is 5.91 Å². The van der Waals surface area contributed by atoms with Crippen molar-refractivity contribution in [3.8, 4) is 11.8 Å². The van der Waals surface area contributed by atoms with E-state index in [0.29, 0.717) is 13.0 Å². The van der Waals surface area contributed by atoms with Gasteiger partial charge < -0.3 is 9.64 Å². The summed E-state index contributed by atoms with van der Waals surface area (Å²) in [6.45, 7) is 6.35. The largest absolute Gasteiger partial charge is 0.481 e. The predicted molar refractivity (Wildman–Crippen MR) is 104 cm³/mol. The highest BCUT2D eigenvalue weighted by Crippen LogP contribution is 2.35. The van der Waals surface area contributed by atoms with Crippen LogP contribution in [0.25, 0.3) is 0 Å². The van der Waals surface area contributed by atoms with Crippen LogP contribution in [0.4, 0.5) is 13.2 Å². The van der Waals surface area contributed by atoms with Gasteiger partial charge in [0.1, 0.15) is 5.75 Å². The first kappa shape index (κ1) is 23.1. The maximum Gasteiger partial charge on any atom is 0.417 e. The number of nitrogens with zero attached hydrogens (tertiary/aromatic N) is 2. The topological polar surface area (TPSA) is 53.3 Å². The Morgan fingerprint density at radius 2 is 1.93 bits per heavy atom. The number of alkyl halides is 3. The third-order valence-electron chi connectivity index (χ3n) is 5.30. The average molecular weight is 410 g/mol. The molecule has 0 N–H and O–H groups in total. The number of hydrogen-bond acceptors (Lipinski definition) is 3. The first-order valence-electron chi connectivity index (χ1n) is 10.3. The van der Waals surface area contributed by atoms with E-state index in [-0.39, 0.29) is 23.6 Å². The molecule has 29 heavy (non-hydrogen) atoms. The number of ether oxygens (including phenoxy) is 1. The van der Waals surface area contributed by atoms with Gasteiger partial charge in [-0.2, -0.15) is 18.4 Å². The van der Waals surface area contributed by atoms with Crippen molar-refractivity contribution < 1.29 is 22.7 Å². The SMILES string of the molecule is CCN(C(=O)C(CC(C)C)Oc1ccc(C#N)c(C(F)(F)F)c1)C1CCCCC1. The molecule has 0 radical (unpaired) electrons. The van der Waals surface area contributed by atoms with E-state index in [2.05, 4.69) is 0 Å². The van der Waals surface area contributed by atoms with E-state index in [1.54, 1.807) is 6.07 Å². The van der Waals surface area contributed by atoms with Crippen LogP contribution >= 0.6 is 0 Å². The third kappa shape index (κ3) is 6.12. The number of nitriles is 1. The van der Waals surface area contributed by atoms with Gasteiger partial charge in [0.15, 0.2) is 6.10 Å². The highest BCUT2D eigenvalue weighted by atomic mass is 19.4. The summed E-state index contributed by atoms with van der Waals surface area (Å²) >= 11 is 0. The summed E-state index contributed by atoms with van der Waals surface area (Å²) in [6.07, 6.45) is 0.101. The standard InChI is InChI=1S/C22H29F3N2O2/c1-4-27(17-8-6-5-7-9-17)21(28)20(12-15(2)3)29-18-11-10-16(14-26)19(13-18)22(23,24)25/h10-11,13,15,17,20H,4-9,12H2,1-3H3. The lowest BCUT2D eigenvalue weighted by atomic mass is 9.93. The summed E-state index contributed by atoms with van der Waals surface area (Å²) in [5.74, 6) is -0.0875. The fraction of sp³-hybridized carbons (Fsp3) is 0.636. The molecule has 1 unspecified atom stereocenters. The van der Waals surface area contributed by atoms with Gasteiger partial charge in [-0.3, -0.25) is 4.79 Å². The van der Waals surface area contributed by atoms with Gasteiger partial charge in [0.05, 0.1) is 17.2 Å². The number of amides is 1. The molecular formula is C22H29F3N2O2. The molecule has 0 heterocycles. The third-order valence-corrected chi connectivity index (χ3v) is 5.30. The highest BCUT2D eigenvalue weighted by molar-refractivity contribution is 5.81. The van der Waals surface area contributed by atoms with Gasteiger partial charge in [-0.05, 0) is 50.3 Å². The van der Waals surface area contributed by atoms with Crippen LogP contribution in [0.3, 0.4) is 0 Å². The number of likely N-dealkylation sites (N-methyl/N-ethyl adjacent to an activating group) is 1. The molecule has 0 aromatic heterocycles. The van der Waals surface area contributed by atoms with Gasteiger partial charge >= 0.3 is 6.18 Å². The summed E-state index contributed by atoms with van der Waals surface area (Å²) in [5, 5.41) is 8.96. The maximum atomic E-state index is 13.3. The molecule has 4 nitrogen and oxygen atoms in total. The average Bonchev–Trinajstić information content (AvgIpc) is 2.67. The number of rotatable bonds is 7. The molecule has 1 amide bonds. The lowest BCUT2D eigenvalue weighted by Crippen LogP contribution is -2.48. The molecule has 0 saturated heterocycles. The number of carbonyl (C=O) groups is 1. The van der Waals surface area contributed by atoms with Gasteiger partial charge in [0.25, 0.3) is 5.91 Å². The molecule has 7 heteroatoms. The van der Waals surface area contributed by atoms with Crippen LogP contribution in [0, 0.1) is 17.2 Å². The Balaban J connectivity index is 2.28. The number of carbonyl (C=O) groups excluding carboxylic acids is 1. The van der Waals surface area contributed by atoms with Gasteiger partial charge in [0, 0.05) is 12.6 Å². The van der Waals surface area contributed by atoms with Crippen LogP contribution in [-0.4, -0.2) is 29.5 Å². The van der Waals surface area contributed by atoms with Crippen LogP contribution in [0.2, 0.25) is 0 Å². The minimum Gasteiger partial charge on any atom is -0.481 e. The van der Waals surface area contributed by atoms with Crippen LogP contribution < -0.4 is 4.74 Å². The number of benzene rings is 1. The second-order valence-corrected chi connectivity index (χ2v) is 7.97. The molecule has 1 fully saturated rings. The summed E-state index contributed by atoms with van der Waals surface area (Å²) < 4.78 is 45.6. The molecule has 2 rings (SSSR count). The van der Waals surface area contributed by atoms with Crippen LogP contribution in [-0.2, 0) is 11.0 Å². The fourth-order valence-electron chi connectivity index (χ4n) is 3.89. The molecule has 1 aromatic carbocycles. The van der Waals surface area contributed by atoms with E-state index in [1.165, 1.54) is 12.5 Å². The number of hydrogen-bond donors (Lipinski definition) is 0. The van der Waals surface area contributed by atoms with E-state index in [0.717, 1.165) is 37.8 Å². The first-order valence-corrected chi connectivity index (χ1v) is 10.3. The zero-order valence-electron chi connectivity index (χ0n) is 17.3. The fourth-order valence-corrected chi connectivity index (χ4v) is 3.89. The van der Waals surface area contributed by atoms with Crippen molar-refractivity contribution in [1.82, 2.24) is 4.90 Å². The Labute approximate surface area is 170 Å². The Kier molecular flexibility index (Phi) is 7.95. The van der Waals surface area contributed by atoms with E-state index in [9.17, 15) is 18.0 Å². The Bertz CT molecular complexity index is 735. The molecule has 160 valence electrons. The van der Waals surface area contributed by atoms with Gasteiger partial charge in [-0.25, -0.2) is 0 Å². The Morgan fingerprint density at radius 3 is 2.45 bits per heavy atom.